The first-order chi connectivity index (χ1) is 16.8. The molecule has 10 heteroatoms. The molecule has 10 nitrogen and oxygen atoms in total. The zero-order valence-electron chi connectivity index (χ0n) is 19.4. The van der Waals surface area contributed by atoms with Gasteiger partial charge in [-0.15, -0.1) is 0 Å². The largest absolute Gasteiger partial charge is 0.504 e. The molecule has 3 aromatic rings. The minimum absolute atomic E-state index is 0.0257. The second-order valence-corrected chi connectivity index (χ2v) is 8.55. The summed E-state index contributed by atoms with van der Waals surface area (Å²) in [6.07, 6.45) is -5.07. The van der Waals surface area contributed by atoms with Crippen molar-refractivity contribution in [1.29, 1.82) is 0 Å². The summed E-state index contributed by atoms with van der Waals surface area (Å²) in [7, 11) is 1.43. The van der Waals surface area contributed by atoms with Gasteiger partial charge in [0, 0.05) is 23.1 Å². The first-order valence-corrected chi connectivity index (χ1v) is 11.3. The fourth-order valence-corrected chi connectivity index (χ4v) is 4.25. The van der Waals surface area contributed by atoms with E-state index >= 15 is 0 Å². The van der Waals surface area contributed by atoms with Crippen LogP contribution in [0.5, 0.6) is 17.2 Å². The number of rotatable bonds is 8. The van der Waals surface area contributed by atoms with Gasteiger partial charge in [-0.3, -0.25) is 0 Å². The molecule has 0 spiro atoms. The number of hydrogen-bond donors (Lipinski definition) is 6. The molecule has 0 aliphatic carbocycles. The number of benzene rings is 2. The van der Waals surface area contributed by atoms with E-state index in [2.05, 4.69) is 0 Å². The molecule has 1 saturated heterocycles. The van der Waals surface area contributed by atoms with E-state index in [9.17, 15) is 25.5 Å². The number of aliphatic hydroxyl groups excluding tert-OH is 5. The summed E-state index contributed by atoms with van der Waals surface area (Å²) in [4.78, 5) is 0. The summed E-state index contributed by atoms with van der Waals surface area (Å²) < 4.78 is 22.6. The molecule has 35 heavy (non-hydrogen) atoms. The summed E-state index contributed by atoms with van der Waals surface area (Å²) >= 11 is 0. The topological polar surface area (TPSA) is 162 Å². The molecule has 1 aliphatic heterocycles. The number of aromatic hydroxyl groups is 1. The maximum atomic E-state index is 10.5. The Hall–Kier alpha value is -2.86. The summed E-state index contributed by atoms with van der Waals surface area (Å²) in [5.41, 5.74) is 2.06. The number of furan rings is 1. The van der Waals surface area contributed by atoms with Crippen molar-refractivity contribution in [2.45, 2.75) is 57.1 Å². The lowest BCUT2D eigenvalue weighted by Gasteiger charge is -2.39. The van der Waals surface area contributed by atoms with Gasteiger partial charge < -0.3 is 49.3 Å². The molecule has 1 fully saturated rings. The molecule has 0 radical (unpaired) electrons. The van der Waals surface area contributed by atoms with Crippen LogP contribution in [0.3, 0.4) is 0 Å². The number of ether oxygens (including phenoxy) is 3. The lowest BCUT2D eigenvalue weighted by molar-refractivity contribution is -0.268. The molecule has 0 saturated carbocycles. The smallest absolute Gasteiger partial charge is 0.229 e. The predicted molar refractivity (Wildman–Crippen MR) is 124 cm³/mol. The molecule has 0 amide bonds. The van der Waals surface area contributed by atoms with Gasteiger partial charge in [0.2, 0.25) is 6.29 Å². The molecule has 1 aromatic heterocycles. The van der Waals surface area contributed by atoms with Gasteiger partial charge in [0.15, 0.2) is 22.8 Å². The number of methoxy groups -OCH3 is 1. The van der Waals surface area contributed by atoms with Gasteiger partial charge in [-0.25, -0.2) is 0 Å². The maximum Gasteiger partial charge on any atom is 0.229 e. The van der Waals surface area contributed by atoms with E-state index in [0.29, 0.717) is 35.1 Å². The SMILES string of the molecule is COc1cc(-c2oc3c(O)cc(CCCO)cc3c2CO)ccc1O[C@@H]1O[C@@H](C)[C@H](O)[C@@H](O)[C@H]1O. The zero-order valence-corrected chi connectivity index (χ0v) is 19.4. The molecule has 0 unspecified atom stereocenters. The van der Waals surface area contributed by atoms with Crippen molar-refractivity contribution in [3.8, 4) is 28.6 Å². The molecule has 190 valence electrons. The van der Waals surface area contributed by atoms with Crippen LogP contribution in [-0.4, -0.2) is 75.1 Å². The number of phenolic OH excluding ortho intramolecular Hbond substituents is 1. The summed E-state index contributed by atoms with van der Waals surface area (Å²) in [5, 5.41) is 60.4. The highest BCUT2D eigenvalue weighted by molar-refractivity contribution is 5.92. The molecular weight excluding hydrogens is 460 g/mol. The van der Waals surface area contributed by atoms with Crippen molar-refractivity contribution in [3.05, 3.63) is 41.5 Å². The van der Waals surface area contributed by atoms with E-state index in [4.69, 9.17) is 23.7 Å². The fourth-order valence-electron chi connectivity index (χ4n) is 4.25. The quantitative estimate of drug-likeness (QED) is 0.272. The zero-order chi connectivity index (χ0) is 25.3. The molecule has 0 bridgehead atoms. The first kappa shape index (κ1) is 25.2. The van der Waals surface area contributed by atoms with Crippen LogP contribution in [0.4, 0.5) is 0 Å². The highest BCUT2D eigenvalue weighted by Crippen LogP contribution is 2.41. The Kier molecular flexibility index (Phi) is 7.50. The van der Waals surface area contributed by atoms with E-state index in [1.807, 2.05) is 6.07 Å². The first-order valence-electron chi connectivity index (χ1n) is 11.3. The van der Waals surface area contributed by atoms with Crippen LogP contribution in [0, 0.1) is 0 Å². The van der Waals surface area contributed by atoms with Gasteiger partial charge >= 0.3 is 0 Å². The maximum absolute atomic E-state index is 10.5. The number of phenols is 1. The molecule has 1 aliphatic rings. The van der Waals surface area contributed by atoms with Crippen molar-refractivity contribution < 1.29 is 49.3 Å². The summed E-state index contributed by atoms with van der Waals surface area (Å²) in [5.74, 6) is 0.750. The van der Waals surface area contributed by atoms with Gasteiger partial charge in [0.25, 0.3) is 0 Å². The molecule has 2 heterocycles. The van der Waals surface area contributed by atoms with Crippen LogP contribution in [0.1, 0.15) is 24.5 Å². The van der Waals surface area contributed by atoms with Crippen LogP contribution < -0.4 is 9.47 Å². The molecule has 5 atom stereocenters. The Bertz CT molecular complexity index is 1170. The Morgan fingerprint density at radius 1 is 0.971 bits per heavy atom. The predicted octanol–water partition coefficient (Wildman–Crippen LogP) is 1.44. The Morgan fingerprint density at radius 2 is 1.74 bits per heavy atom. The lowest BCUT2D eigenvalue weighted by Crippen LogP contribution is -2.58. The monoisotopic (exact) mass is 490 g/mol. The Morgan fingerprint density at radius 3 is 2.43 bits per heavy atom. The normalized spacial score (nSPS) is 24.6. The van der Waals surface area contributed by atoms with E-state index in [1.54, 1.807) is 31.2 Å². The van der Waals surface area contributed by atoms with Crippen LogP contribution in [0.25, 0.3) is 22.3 Å². The van der Waals surface area contributed by atoms with E-state index in [0.717, 1.165) is 5.56 Å². The van der Waals surface area contributed by atoms with Crippen LogP contribution in [0.2, 0.25) is 0 Å². The second-order valence-electron chi connectivity index (χ2n) is 8.55. The van der Waals surface area contributed by atoms with Crippen molar-refractivity contribution in [2.24, 2.45) is 0 Å². The Labute approximate surface area is 201 Å². The third kappa shape index (κ3) is 4.81. The third-order valence-corrected chi connectivity index (χ3v) is 6.19. The number of hydrogen-bond acceptors (Lipinski definition) is 10. The average Bonchev–Trinajstić information content (AvgIpc) is 3.24. The van der Waals surface area contributed by atoms with Crippen LogP contribution >= 0.6 is 0 Å². The fraction of sp³-hybridized carbons (Fsp3) is 0.440. The average molecular weight is 491 g/mol. The van der Waals surface area contributed by atoms with Gasteiger partial charge in [-0.05, 0) is 55.7 Å². The van der Waals surface area contributed by atoms with Crippen molar-refractivity contribution in [2.75, 3.05) is 13.7 Å². The van der Waals surface area contributed by atoms with Gasteiger partial charge in [-0.1, -0.05) is 0 Å². The highest BCUT2D eigenvalue weighted by atomic mass is 16.7. The van der Waals surface area contributed by atoms with E-state index in [-0.39, 0.29) is 36.0 Å². The van der Waals surface area contributed by atoms with Gasteiger partial charge in [0.05, 0.1) is 19.8 Å². The number of aliphatic hydroxyl groups is 5. The summed E-state index contributed by atoms with van der Waals surface area (Å²) in [6.45, 7) is 1.24. The van der Waals surface area contributed by atoms with Crippen LogP contribution in [0.15, 0.2) is 34.7 Å². The standard InChI is InChI=1S/C25H30O10/c1-12-20(29)21(30)22(31)25(33-12)34-18-6-5-14(10-19(18)32-2)23-16(11-27)15-8-13(4-3-7-26)9-17(28)24(15)35-23/h5-6,8-10,12,20-22,25-31H,3-4,7,11H2,1-2H3/t12-,20-,21+,22+,25-/m0/s1. The van der Waals surface area contributed by atoms with Gasteiger partial charge in [-0.2, -0.15) is 0 Å². The molecule has 2 aromatic carbocycles. The molecule has 4 rings (SSSR count). The van der Waals surface area contributed by atoms with Crippen LogP contribution in [-0.2, 0) is 17.8 Å². The van der Waals surface area contributed by atoms with Crippen molar-refractivity contribution in [1.82, 2.24) is 0 Å². The summed E-state index contributed by atoms with van der Waals surface area (Å²) in [6, 6.07) is 8.22. The highest BCUT2D eigenvalue weighted by Gasteiger charge is 2.43. The van der Waals surface area contributed by atoms with Crippen molar-refractivity contribution in [3.63, 3.8) is 0 Å². The second kappa shape index (κ2) is 10.4. The van der Waals surface area contributed by atoms with Crippen molar-refractivity contribution >= 4 is 11.0 Å². The molecule has 6 N–H and O–H groups in total. The van der Waals surface area contributed by atoms with Gasteiger partial charge in [0.1, 0.15) is 24.1 Å². The third-order valence-electron chi connectivity index (χ3n) is 6.19. The van der Waals surface area contributed by atoms with E-state index in [1.165, 1.54) is 7.11 Å². The lowest BCUT2D eigenvalue weighted by atomic mass is 10.00. The minimum Gasteiger partial charge on any atom is -0.504 e. The molecular formula is C25H30O10. The Balaban J connectivity index is 1.68. The number of fused-ring (bicyclic) bond motifs is 1. The minimum atomic E-state index is -1.48. The number of aryl methyl sites for hydroxylation is 1. The van der Waals surface area contributed by atoms with E-state index < -0.39 is 30.7 Å².